The molecule has 120 valence electrons. The van der Waals surface area contributed by atoms with E-state index in [9.17, 15) is 16.8 Å². The monoisotopic (exact) mass is 400 g/mol. The lowest BCUT2D eigenvalue weighted by Gasteiger charge is -2.12. The molecule has 1 aromatic rings. The largest absolute Gasteiger partial charge is 0.495 e. The standard InChI is InChI=1S/C11H17BrN2O5S2/c1-19-10-6-8(12)9(13)7-11(10)21(17,18)14-4-3-5-20(2,15)16/h6-7,14H,3-5,13H2,1-2H3. The van der Waals surface area contributed by atoms with Gasteiger partial charge in [-0.15, -0.1) is 0 Å². The SMILES string of the molecule is COc1cc(Br)c(N)cc1S(=O)(=O)NCCCS(C)(=O)=O. The molecule has 0 spiro atoms. The lowest BCUT2D eigenvalue weighted by molar-refractivity contribution is 0.402. The summed E-state index contributed by atoms with van der Waals surface area (Å²) in [5.41, 5.74) is 5.94. The molecule has 0 saturated heterocycles. The maximum atomic E-state index is 12.2. The first kappa shape index (κ1) is 18.2. The van der Waals surface area contributed by atoms with Gasteiger partial charge in [0, 0.05) is 23.0 Å². The first-order chi connectivity index (χ1) is 9.57. The highest BCUT2D eigenvalue weighted by Crippen LogP contribution is 2.32. The average Bonchev–Trinajstić information content (AvgIpc) is 2.36. The van der Waals surface area contributed by atoms with Crippen molar-refractivity contribution in [3.8, 4) is 5.75 Å². The van der Waals surface area contributed by atoms with Crippen LogP contribution in [-0.4, -0.2) is 42.5 Å². The minimum atomic E-state index is -3.83. The van der Waals surface area contributed by atoms with Crippen LogP contribution in [0.25, 0.3) is 0 Å². The van der Waals surface area contributed by atoms with Gasteiger partial charge in [0.05, 0.1) is 12.9 Å². The Morgan fingerprint density at radius 3 is 2.43 bits per heavy atom. The Morgan fingerprint density at radius 1 is 1.29 bits per heavy atom. The molecule has 1 rings (SSSR count). The van der Waals surface area contributed by atoms with Crippen LogP contribution in [-0.2, 0) is 19.9 Å². The van der Waals surface area contributed by atoms with Crippen LogP contribution in [0.3, 0.4) is 0 Å². The second-order valence-corrected chi connectivity index (χ2v) is 9.26. The van der Waals surface area contributed by atoms with Crippen molar-refractivity contribution < 1.29 is 21.6 Å². The van der Waals surface area contributed by atoms with Gasteiger partial charge in [-0.2, -0.15) is 0 Å². The Bertz CT molecular complexity index is 716. The van der Waals surface area contributed by atoms with Crippen LogP contribution in [0.5, 0.6) is 5.75 Å². The zero-order chi connectivity index (χ0) is 16.3. The van der Waals surface area contributed by atoms with Gasteiger partial charge in [0.2, 0.25) is 10.0 Å². The summed E-state index contributed by atoms with van der Waals surface area (Å²) in [5, 5.41) is 0. The summed E-state index contributed by atoms with van der Waals surface area (Å²) in [5.74, 6) is 0.0569. The van der Waals surface area contributed by atoms with Gasteiger partial charge in [0.15, 0.2) is 0 Å². The van der Waals surface area contributed by atoms with Crippen LogP contribution < -0.4 is 15.2 Å². The number of methoxy groups -OCH3 is 1. The molecule has 0 aliphatic rings. The minimum absolute atomic E-state index is 0.00846. The van der Waals surface area contributed by atoms with E-state index in [1.54, 1.807) is 0 Å². The molecule has 0 radical (unpaired) electrons. The molecule has 3 N–H and O–H groups in total. The van der Waals surface area contributed by atoms with Crippen molar-refractivity contribution in [3.63, 3.8) is 0 Å². The fourth-order valence-electron chi connectivity index (χ4n) is 1.54. The highest BCUT2D eigenvalue weighted by Gasteiger charge is 2.21. The lowest BCUT2D eigenvalue weighted by Crippen LogP contribution is -2.26. The molecular weight excluding hydrogens is 384 g/mol. The van der Waals surface area contributed by atoms with Gasteiger partial charge in [-0.05, 0) is 34.5 Å². The molecule has 0 bridgehead atoms. The summed E-state index contributed by atoms with van der Waals surface area (Å²) in [6, 6.07) is 2.74. The van der Waals surface area contributed by atoms with E-state index >= 15 is 0 Å². The van der Waals surface area contributed by atoms with E-state index in [0.29, 0.717) is 4.47 Å². The van der Waals surface area contributed by atoms with Gasteiger partial charge in [0.25, 0.3) is 0 Å². The average molecular weight is 401 g/mol. The number of hydrogen-bond donors (Lipinski definition) is 2. The molecule has 0 atom stereocenters. The van der Waals surface area contributed by atoms with Crippen molar-refractivity contribution in [2.75, 3.05) is 31.4 Å². The van der Waals surface area contributed by atoms with Crippen molar-refractivity contribution in [3.05, 3.63) is 16.6 Å². The first-order valence-electron chi connectivity index (χ1n) is 5.87. The van der Waals surface area contributed by atoms with Gasteiger partial charge in [0.1, 0.15) is 20.5 Å². The molecule has 0 aromatic heterocycles. The van der Waals surface area contributed by atoms with Crippen LogP contribution in [0.15, 0.2) is 21.5 Å². The number of nitrogen functional groups attached to an aromatic ring is 1. The number of rotatable bonds is 7. The summed E-state index contributed by atoms with van der Waals surface area (Å²) in [6.45, 7) is 0.00846. The quantitative estimate of drug-likeness (QED) is 0.515. The van der Waals surface area contributed by atoms with E-state index in [0.717, 1.165) is 6.26 Å². The van der Waals surface area contributed by atoms with Crippen LogP contribution in [0.2, 0.25) is 0 Å². The van der Waals surface area contributed by atoms with Crippen LogP contribution in [0.4, 0.5) is 5.69 Å². The van der Waals surface area contributed by atoms with E-state index in [1.165, 1.54) is 19.2 Å². The number of nitrogens with one attached hydrogen (secondary N) is 1. The highest BCUT2D eigenvalue weighted by molar-refractivity contribution is 9.10. The van der Waals surface area contributed by atoms with E-state index in [-0.39, 0.29) is 35.1 Å². The molecule has 0 unspecified atom stereocenters. The van der Waals surface area contributed by atoms with E-state index < -0.39 is 19.9 Å². The molecule has 10 heteroatoms. The predicted octanol–water partition coefficient (Wildman–Crippen LogP) is 0.753. The Morgan fingerprint density at radius 2 is 1.90 bits per heavy atom. The topological polar surface area (TPSA) is 116 Å². The Kier molecular flexibility index (Phi) is 6.02. The van der Waals surface area contributed by atoms with E-state index in [4.69, 9.17) is 10.5 Å². The number of ether oxygens (including phenoxy) is 1. The second kappa shape index (κ2) is 6.95. The molecule has 0 heterocycles. The van der Waals surface area contributed by atoms with Crippen molar-refractivity contribution >= 4 is 41.5 Å². The Balaban J connectivity index is 2.90. The summed E-state index contributed by atoms with van der Waals surface area (Å²) in [6.07, 6.45) is 1.28. The number of hydrogen-bond acceptors (Lipinski definition) is 6. The van der Waals surface area contributed by atoms with Crippen molar-refractivity contribution in [2.24, 2.45) is 0 Å². The third-order valence-electron chi connectivity index (χ3n) is 2.56. The van der Waals surface area contributed by atoms with Crippen molar-refractivity contribution in [1.82, 2.24) is 4.72 Å². The van der Waals surface area contributed by atoms with Gasteiger partial charge >= 0.3 is 0 Å². The summed E-state index contributed by atoms with van der Waals surface area (Å²) >= 11 is 3.19. The molecule has 0 amide bonds. The molecule has 0 saturated carbocycles. The number of sulfone groups is 1. The molecule has 0 aliphatic carbocycles. The number of benzene rings is 1. The fourth-order valence-corrected chi connectivity index (χ4v) is 3.79. The Labute approximate surface area is 133 Å². The third kappa shape index (κ3) is 5.46. The first-order valence-corrected chi connectivity index (χ1v) is 10.2. The summed E-state index contributed by atoms with van der Waals surface area (Å²) in [7, 11) is -5.60. The smallest absolute Gasteiger partial charge is 0.244 e. The second-order valence-electron chi connectivity index (χ2n) is 4.41. The van der Waals surface area contributed by atoms with E-state index in [2.05, 4.69) is 20.7 Å². The van der Waals surface area contributed by atoms with Gasteiger partial charge in [-0.25, -0.2) is 21.6 Å². The summed E-state index contributed by atoms with van der Waals surface area (Å²) in [4.78, 5) is -0.0925. The molecular formula is C11H17BrN2O5S2. The highest BCUT2D eigenvalue weighted by atomic mass is 79.9. The predicted molar refractivity (Wildman–Crippen MR) is 84.6 cm³/mol. The zero-order valence-electron chi connectivity index (χ0n) is 11.6. The minimum Gasteiger partial charge on any atom is -0.495 e. The number of anilines is 1. The molecule has 7 nitrogen and oxygen atoms in total. The molecule has 21 heavy (non-hydrogen) atoms. The number of halogens is 1. The van der Waals surface area contributed by atoms with Crippen molar-refractivity contribution in [1.29, 1.82) is 0 Å². The third-order valence-corrected chi connectivity index (χ3v) is 5.76. The van der Waals surface area contributed by atoms with Crippen LogP contribution >= 0.6 is 15.9 Å². The maximum absolute atomic E-state index is 12.2. The molecule has 0 fully saturated rings. The normalized spacial score (nSPS) is 12.3. The zero-order valence-corrected chi connectivity index (χ0v) is 14.8. The molecule has 1 aromatic carbocycles. The van der Waals surface area contributed by atoms with Crippen LogP contribution in [0.1, 0.15) is 6.42 Å². The van der Waals surface area contributed by atoms with E-state index in [1.807, 2.05) is 0 Å². The number of sulfonamides is 1. The van der Waals surface area contributed by atoms with Gasteiger partial charge in [-0.3, -0.25) is 0 Å². The number of nitrogens with two attached hydrogens (primary N) is 1. The molecule has 0 aliphatic heterocycles. The van der Waals surface area contributed by atoms with Gasteiger partial charge < -0.3 is 10.5 Å². The van der Waals surface area contributed by atoms with Crippen LogP contribution in [0, 0.1) is 0 Å². The Hall–Kier alpha value is -0.840. The van der Waals surface area contributed by atoms with Crippen molar-refractivity contribution in [2.45, 2.75) is 11.3 Å². The summed E-state index contributed by atoms with van der Waals surface area (Å²) < 4.78 is 54.2. The lowest BCUT2D eigenvalue weighted by atomic mass is 10.3. The van der Waals surface area contributed by atoms with Gasteiger partial charge in [-0.1, -0.05) is 0 Å². The maximum Gasteiger partial charge on any atom is 0.244 e. The fraction of sp³-hybridized carbons (Fsp3) is 0.455.